The van der Waals surface area contributed by atoms with Crippen molar-refractivity contribution >= 4 is 23.9 Å². The molecule has 0 aliphatic rings. The Hall–Kier alpha value is -4.33. The van der Waals surface area contributed by atoms with Crippen molar-refractivity contribution in [3.05, 3.63) is 95.6 Å². The van der Waals surface area contributed by atoms with E-state index in [1.165, 1.54) is 25.3 Å². The molecule has 0 saturated heterocycles. The van der Waals surface area contributed by atoms with Gasteiger partial charge in [-0.05, 0) is 23.3 Å². The number of carbonyl (C=O) groups is 3. The number of carbonyl (C=O) groups excluding carboxylic acids is 3. The van der Waals surface area contributed by atoms with E-state index in [4.69, 9.17) is 18.9 Å². The summed E-state index contributed by atoms with van der Waals surface area (Å²) in [5.41, 5.74) is 1.84. The van der Waals surface area contributed by atoms with Gasteiger partial charge in [0.1, 0.15) is 18.8 Å². The third-order valence-electron chi connectivity index (χ3n) is 4.24. The predicted molar refractivity (Wildman–Crippen MR) is 115 cm³/mol. The minimum Gasteiger partial charge on any atom is -0.465 e. The molecule has 0 saturated carbocycles. The molecule has 1 N–H and O–H groups in total. The highest BCUT2D eigenvalue weighted by Gasteiger charge is 2.18. The fourth-order valence-corrected chi connectivity index (χ4v) is 2.68. The minimum atomic E-state index is -1.01. The summed E-state index contributed by atoms with van der Waals surface area (Å²) in [6, 6.07) is 22.3. The number of rotatable bonds is 7. The number of methoxy groups -OCH3 is 1. The second kappa shape index (κ2) is 11.2. The van der Waals surface area contributed by atoms with Crippen molar-refractivity contribution in [2.24, 2.45) is 0 Å². The quantitative estimate of drug-likeness (QED) is 0.319. The molecule has 32 heavy (non-hydrogen) atoms. The lowest BCUT2D eigenvalue weighted by Gasteiger charge is -2.12. The van der Waals surface area contributed by atoms with Crippen LogP contribution in [0.5, 0.6) is 5.75 Å². The molecule has 0 fully saturated rings. The normalized spacial score (nSPS) is 10.0. The molecule has 0 aliphatic heterocycles. The van der Waals surface area contributed by atoms with Crippen molar-refractivity contribution in [2.45, 2.75) is 13.2 Å². The van der Waals surface area contributed by atoms with Crippen LogP contribution in [0.3, 0.4) is 0 Å². The van der Waals surface area contributed by atoms with Crippen molar-refractivity contribution in [1.82, 2.24) is 0 Å². The summed E-state index contributed by atoms with van der Waals surface area (Å²) in [5, 5.41) is 2.52. The third-order valence-corrected chi connectivity index (χ3v) is 4.24. The Kier molecular flexibility index (Phi) is 7.80. The van der Waals surface area contributed by atoms with Gasteiger partial charge in [-0.3, -0.25) is 5.32 Å². The Labute approximate surface area is 184 Å². The van der Waals surface area contributed by atoms with E-state index in [2.05, 4.69) is 5.32 Å². The second-order valence-corrected chi connectivity index (χ2v) is 6.52. The molecule has 0 spiro atoms. The van der Waals surface area contributed by atoms with E-state index >= 15 is 0 Å². The first kappa shape index (κ1) is 22.4. The lowest BCUT2D eigenvalue weighted by molar-refractivity contribution is 0.0593. The number of nitrogens with one attached hydrogen (secondary N) is 1. The van der Waals surface area contributed by atoms with Gasteiger partial charge in [0.2, 0.25) is 0 Å². The zero-order valence-corrected chi connectivity index (χ0v) is 17.3. The lowest BCUT2D eigenvalue weighted by atomic mass is 10.2. The van der Waals surface area contributed by atoms with E-state index in [1.807, 2.05) is 48.5 Å². The number of hydrogen-bond donors (Lipinski definition) is 1. The molecule has 3 aromatic carbocycles. The van der Waals surface area contributed by atoms with Gasteiger partial charge < -0.3 is 18.9 Å². The number of benzene rings is 3. The van der Waals surface area contributed by atoms with Gasteiger partial charge >= 0.3 is 18.2 Å². The van der Waals surface area contributed by atoms with Gasteiger partial charge in [0.05, 0.1) is 7.11 Å². The van der Waals surface area contributed by atoms with Crippen LogP contribution in [0.15, 0.2) is 78.9 Å². The van der Waals surface area contributed by atoms with Crippen LogP contribution in [-0.2, 0) is 27.4 Å². The Balaban J connectivity index is 1.65. The highest BCUT2D eigenvalue weighted by Crippen LogP contribution is 2.25. The fraction of sp³-hybridized carbons (Fsp3) is 0.125. The molecule has 0 unspecified atom stereocenters. The SMILES string of the molecule is COC(=O)c1ccc(NC(=O)OCc2ccccc2)cc1OC(=O)OCc1ccccc1. The molecule has 0 aromatic heterocycles. The topological polar surface area (TPSA) is 100 Å². The minimum absolute atomic E-state index is 0.00299. The first-order chi connectivity index (χ1) is 15.5. The maximum absolute atomic E-state index is 12.1. The monoisotopic (exact) mass is 435 g/mol. The van der Waals surface area contributed by atoms with Gasteiger partial charge in [-0.2, -0.15) is 0 Å². The van der Waals surface area contributed by atoms with Gasteiger partial charge in [-0.1, -0.05) is 60.7 Å². The standard InChI is InChI=1S/C24H21NO7/c1-29-22(26)20-13-12-19(25-23(27)30-15-17-8-4-2-5-9-17)14-21(20)32-24(28)31-16-18-10-6-3-7-11-18/h2-14H,15-16H2,1H3,(H,25,27). The molecule has 0 aliphatic carbocycles. The zero-order chi connectivity index (χ0) is 22.8. The number of esters is 1. The first-order valence-electron chi connectivity index (χ1n) is 9.64. The van der Waals surface area contributed by atoms with E-state index in [0.717, 1.165) is 11.1 Å². The summed E-state index contributed by atoms with van der Waals surface area (Å²) in [5.74, 6) is -0.843. The molecular weight excluding hydrogens is 414 g/mol. The van der Waals surface area contributed by atoms with E-state index < -0.39 is 18.2 Å². The van der Waals surface area contributed by atoms with Crippen LogP contribution < -0.4 is 10.1 Å². The number of amides is 1. The van der Waals surface area contributed by atoms with Gasteiger partial charge in [-0.15, -0.1) is 0 Å². The second-order valence-electron chi connectivity index (χ2n) is 6.52. The Morgan fingerprint density at radius 3 is 1.97 bits per heavy atom. The molecule has 0 bridgehead atoms. The molecule has 3 rings (SSSR count). The predicted octanol–water partition coefficient (Wildman–Crippen LogP) is 4.94. The van der Waals surface area contributed by atoms with Gasteiger partial charge in [-0.25, -0.2) is 14.4 Å². The lowest BCUT2D eigenvalue weighted by Crippen LogP contribution is -2.16. The molecule has 0 heterocycles. The molecule has 0 radical (unpaired) electrons. The highest BCUT2D eigenvalue weighted by molar-refractivity contribution is 5.95. The van der Waals surface area contributed by atoms with Crippen LogP contribution in [0.1, 0.15) is 21.5 Å². The van der Waals surface area contributed by atoms with E-state index in [-0.39, 0.29) is 30.2 Å². The van der Waals surface area contributed by atoms with Crippen LogP contribution >= 0.6 is 0 Å². The van der Waals surface area contributed by atoms with E-state index in [1.54, 1.807) is 12.1 Å². The highest BCUT2D eigenvalue weighted by atomic mass is 16.7. The van der Waals surface area contributed by atoms with Crippen molar-refractivity contribution < 1.29 is 33.3 Å². The number of ether oxygens (including phenoxy) is 4. The molecule has 0 atom stereocenters. The maximum atomic E-state index is 12.1. The van der Waals surface area contributed by atoms with Crippen molar-refractivity contribution in [2.75, 3.05) is 12.4 Å². The maximum Gasteiger partial charge on any atom is 0.514 e. The van der Waals surface area contributed by atoms with Gasteiger partial charge in [0, 0.05) is 11.8 Å². The van der Waals surface area contributed by atoms with Crippen molar-refractivity contribution in [3.8, 4) is 5.75 Å². The Bertz CT molecular complexity index is 1070. The summed E-state index contributed by atoms with van der Waals surface area (Å²) >= 11 is 0. The molecule has 164 valence electrons. The van der Waals surface area contributed by atoms with E-state index in [9.17, 15) is 14.4 Å². The van der Waals surface area contributed by atoms with Crippen LogP contribution in [-0.4, -0.2) is 25.3 Å². The summed E-state index contributed by atoms with van der Waals surface area (Å²) in [6.07, 6.45) is -1.72. The first-order valence-corrected chi connectivity index (χ1v) is 9.64. The van der Waals surface area contributed by atoms with E-state index in [0.29, 0.717) is 0 Å². The summed E-state index contributed by atoms with van der Waals surface area (Å²) in [4.78, 5) is 36.3. The van der Waals surface area contributed by atoms with Crippen LogP contribution in [0, 0.1) is 0 Å². The average Bonchev–Trinajstić information content (AvgIpc) is 2.82. The number of hydrogen-bond acceptors (Lipinski definition) is 7. The van der Waals surface area contributed by atoms with Crippen molar-refractivity contribution in [1.29, 1.82) is 0 Å². The molecule has 1 amide bonds. The zero-order valence-electron chi connectivity index (χ0n) is 17.3. The summed E-state index contributed by atoms with van der Waals surface area (Å²) < 4.78 is 20.1. The summed E-state index contributed by atoms with van der Waals surface area (Å²) in [7, 11) is 1.20. The molecule has 8 heteroatoms. The van der Waals surface area contributed by atoms with Crippen LogP contribution in [0.25, 0.3) is 0 Å². The molecular formula is C24H21NO7. The summed E-state index contributed by atoms with van der Waals surface area (Å²) in [6.45, 7) is 0.0824. The third kappa shape index (κ3) is 6.60. The van der Waals surface area contributed by atoms with Gasteiger partial charge in [0.15, 0.2) is 5.75 Å². The molecule has 3 aromatic rings. The van der Waals surface area contributed by atoms with Crippen LogP contribution in [0.2, 0.25) is 0 Å². The molecule has 8 nitrogen and oxygen atoms in total. The Morgan fingerprint density at radius 2 is 1.38 bits per heavy atom. The average molecular weight is 435 g/mol. The van der Waals surface area contributed by atoms with Gasteiger partial charge in [0.25, 0.3) is 0 Å². The fourth-order valence-electron chi connectivity index (χ4n) is 2.68. The smallest absolute Gasteiger partial charge is 0.465 e. The van der Waals surface area contributed by atoms with Crippen LogP contribution in [0.4, 0.5) is 15.3 Å². The number of anilines is 1. The van der Waals surface area contributed by atoms with Crippen molar-refractivity contribution in [3.63, 3.8) is 0 Å². The Morgan fingerprint density at radius 1 is 0.781 bits per heavy atom. The largest absolute Gasteiger partial charge is 0.514 e.